The van der Waals surface area contributed by atoms with Gasteiger partial charge in [-0.3, -0.25) is 9.59 Å². The minimum absolute atomic E-state index is 0.178. The summed E-state index contributed by atoms with van der Waals surface area (Å²) in [5.41, 5.74) is 3.90. The van der Waals surface area contributed by atoms with Gasteiger partial charge in [0.25, 0.3) is 11.8 Å². The molecule has 3 aromatic rings. The van der Waals surface area contributed by atoms with E-state index in [-0.39, 0.29) is 23.2 Å². The summed E-state index contributed by atoms with van der Waals surface area (Å²) in [7, 11) is 0. The van der Waals surface area contributed by atoms with E-state index in [4.69, 9.17) is 0 Å². The van der Waals surface area contributed by atoms with Gasteiger partial charge >= 0.3 is 0 Å². The van der Waals surface area contributed by atoms with E-state index in [1.54, 1.807) is 18.2 Å². The van der Waals surface area contributed by atoms with Crippen molar-refractivity contribution < 1.29 is 9.59 Å². The highest BCUT2D eigenvalue weighted by atomic mass is 16.2. The fourth-order valence-corrected chi connectivity index (χ4v) is 3.77. The number of rotatable bonds is 10. The van der Waals surface area contributed by atoms with Gasteiger partial charge in [0, 0.05) is 48.9 Å². The van der Waals surface area contributed by atoms with Crippen molar-refractivity contribution in [2.45, 2.75) is 27.7 Å². The van der Waals surface area contributed by atoms with Crippen LogP contribution in [0.4, 0.5) is 22.7 Å². The highest BCUT2D eigenvalue weighted by Crippen LogP contribution is 2.19. The number of hydrogen-bond donors (Lipinski definition) is 2. The molecule has 34 heavy (non-hydrogen) atoms. The lowest BCUT2D eigenvalue weighted by atomic mass is 10.2. The normalized spacial score (nSPS) is 10.5. The van der Waals surface area contributed by atoms with Gasteiger partial charge in [-0.15, -0.1) is 0 Å². The Labute approximate surface area is 201 Å². The van der Waals surface area contributed by atoms with Crippen LogP contribution in [-0.4, -0.2) is 43.0 Å². The van der Waals surface area contributed by atoms with Crippen LogP contribution in [0.5, 0.6) is 0 Å². The molecule has 3 rings (SSSR count). The summed E-state index contributed by atoms with van der Waals surface area (Å²) in [5, 5.41) is 5.70. The van der Waals surface area contributed by atoms with E-state index in [1.807, 2.05) is 48.5 Å². The first kappa shape index (κ1) is 24.8. The van der Waals surface area contributed by atoms with Crippen molar-refractivity contribution in [3.8, 4) is 0 Å². The van der Waals surface area contributed by atoms with Gasteiger partial charge in [-0.25, -0.2) is 4.98 Å². The molecule has 0 fully saturated rings. The van der Waals surface area contributed by atoms with Gasteiger partial charge in [-0.2, -0.15) is 0 Å². The zero-order valence-corrected chi connectivity index (χ0v) is 20.3. The van der Waals surface area contributed by atoms with E-state index in [2.05, 4.69) is 53.1 Å². The highest BCUT2D eigenvalue weighted by molar-refractivity contribution is 6.06. The summed E-state index contributed by atoms with van der Waals surface area (Å²) < 4.78 is 0. The van der Waals surface area contributed by atoms with Crippen molar-refractivity contribution in [3.05, 3.63) is 78.1 Å². The smallest absolute Gasteiger partial charge is 0.274 e. The Morgan fingerprint density at radius 3 is 1.29 bits per heavy atom. The molecule has 0 aliphatic carbocycles. The molecule has 1 heterocycles. The van der Waals surface area contributed by atoms with Gasteiger partial charge in [-0.1, -0.05) is 6.07 Å². The third kappa shape index (κ3) is 6.13. The lowest BCUT2D eigenvalue weighted by molar-refractivity contribution is 0.101. The number of hydrogen-bond acceptors (Lipinski definition) is 5. The van der Waals surface area contributed by atoms with Crippen LogP contribution in [0.25, 0.3) is 0 Å². The molecule has 0 atom stereocenters. The Balaban J connectivity index is 1.65. The number of pyridine rings is 1. The third-order valence-corrected chi connectivity index (χ3v) is 5.72. The third-order valence-electron chi connectivity index (χ3n) is 5.72. The minimum atomic E-state index is -0.367. The molecule has 0 radical (unpaired) electrons. The average molecular weight is 460 g/mol. The number of benzene rings is 2. The molecule has 0 unspecified atom stereocenters. The number of aromatic nitrogens is 1. The van der Waals surface area contributed by atoms with Crippen LogP contribution in [0.2, 0.25) is 0 Å². The van der Waals surface area contributed by atoms with Gasteiger partial charge in [0.2, 0.25) is 0 Å². The zero-order chi connectivity index (χ0) is 24.5. The summed E-state index contributed by atoms with van der Waals surface area (Å²) in [6.45, 7) is 12.1. The van der Waals surface area contributed by atoms with E-state index in [0.29, 0.717) is 11.4 Å². The molecule has 1 aromatic heterocycles. The molecule has 0 aliphatic rings. The van der Waals surface area contributed by atoms with Crippen LogP contribution in [0.1, 0.15) is 48.7 Å². The zero-order valence-electron chi connectivity index (χ0n) is 20.3. The Kier molecular flexibility index (Phi) is 8.62. The average Bonchev–Trinajstić information content (AvgIpc) is 2.87. The summed E-state index contributed by atoms with van der Waals surface area (Å²) in [6.07, 6.45) is 0. The number of amides is 2. The van der Waals surface area contributed by atoms with Gasteiger partial charge in [0.05, 0.1) is 0 Å². The highest BCUT2D eigenvalue weighted by Gasteiger charge is 2.14. The second-order valence-electron chi connectivity index (χ2n) is 7.75. The van der Waals surface area contributed by atoms with Crippen LogP contribution >= 0.6 is 0 Å². The monoisotopic (exact) mass is 459 g/mol. The summed E-state index contributed by atoms with van der Waals surface area (Å²) in [5.74, 6) is -0.734. The SMILES string of the molecule is CCN(CC)c1ccc(NC(=O)c2cccc(C(=O)Nc3ccc(N(CC)CC)cc3)n2)cc1. The second kappa shape index (κ2) is 11.8. The standard InChI is InChI=1S/C27H33N5O2/c1-5-31(6-2)22-16-12-20(13-17-22)28-26(33)24-10-9-11-25(30-24)27(34)29-21-14-18-23(19-15-21)32(7-3)8-4/h9-19H,5-8H2,1-4H3,(H,28,33)(H,29,34). The maximum absolute atomic E-state index is 12.7. The second-order valence-corrected chi connectivity index (χ2v) is 7.75. The molecular weight excluding hydrogens is 426 g/mol. The Hall–Kier alpha value is -3.87. The topological polar surface area (TPSA) is 77.6 Å². The van der Waals surface area contributed by atoms with Crippen LogP contribution in [-0.2, 0) is 0 Å². The lowest BCUT2D eigenvalue weighted by Gasteiger charge is -2.21. The van der Waals surface area contributed by atoms with Crippen molar-refractivity contribution in [1.82, 2.24) is 4.98 Å². The first-order valence-corrected chi connectivity index (χ1v) is 11.8. The first-order chi connectivity index (χ1) is 16.5. The van der Waals surface area contributed by atoms with Gasteiger partial charge in [-0.05, 0) is 88.4 Å². The van der Waals surface area contributed by atoms with E-state index < -0.39 is 0 Å². The van der Waals surface area contributed by atoms with E-state index >= 15 is 0 Å². The predicted molar refractivity (Wildman–Crippen MR) is 140 cm³/mol. The number of carbonyl (C=O) groups is 2. The minimum Gasteiger partial charge on any atom is -0.372 e. The molecule has 0 saturated carbocycles. The number of nitrogens with one attached hydrogen (secondary N) is 2. The molecule has 0 bridgehead atoms. The van der Waals surface area contributed by atoms with E-state index in [0.717, 1.165) is 37.6 Å². The summed E-state index contributed by atoms with van der Waals surface area (Å²) in [4.78, 5) is 34.2. The van der Waals surface area contributed by atoms with Crippen LogP contribution in [0, 0.1) is 0 Å². The molecule has 0 saturated heterocycles. The van der Waals surface area contributed by atoms with E-state index in [1.165, 1.54) is 0 Å². The Morgan fingerprint density at radius 1 is 0.618 bits per heavy atom. The van der Waals surface area contributed by atoms with Crippen molar-refractivity contribution >= 4 is 34.6 Å². The number of anilines is 4. The van der Waals surface area contributed by atoms with Crippen molar-refractivity contribution in [2.24, 2.45) is 0 Å². The lowest BCUT2D eigenvalue weighted by Crippen LogP contribution is -2.22. The van der Waals surface area contributed by atoms with Crippen molar-refractivity contribution in [3.63, 3.8) is 0 Å². The van der Waals surface area contributed by atoms with Gasteiger partial charge in [0.1, 0.15) is 11.4 Å². The first-order valence-electron chi connectivity index (χ1n) is 11.8. The quantitative estimate of drug-likeness (QED) is 0.431. The molecular formula is C27H33N5O2. The Morgan fingerprint density at radius 2 is 0.971 bits per heavy atom. The fourth-order valence-electron chi connectivity index (χ4n) is 3.77. The number of carbonyl (C=O) groups excluding carboxylic acids is 2. The molecule has 2 amide bonds. The van der Waals surface area contributed by atoms with Crippen LogP contribution in [0.15, 0.2) is 66.7 Å². The molecule has 2 aromatic carbocycles. The molecule has 7 heteroatoms. The summed E-state index contributed by atoms with van der Waals surface area (Å²) in [6, 6.07) is 20.2. The molecule has 7 nitrogen and oxygen atoms in total. The Bertz CT molecular complexity index is 1000. The maximum atomic E-state index is 12.7. The van der Waals surface area contributed by atoms with Crippen molar-refractivity contribution in [1.29, 1.82) is 0 Å². The molecule has 178 valence electrons. The van der Waals surface area contributed by atoms with Crippen molar-refractivity contribution in [2.75, 3.05) is 46.6 Å². The predicted octanol–water partition coefficient (Wildman–Crippen LogP) is 5.28. The van der Waals surface area contributed by atoms with Crippen LogP contribution in [0.3, 0.4) is 0 Å². The fraction of sp³-hybridized carbons (Fsp3) is 0.296. The number of nitrogens with zero attached hydrogens (tertiary/aromatic N) is 3. The molecule has 2 N–H and O–H groups in total. The van der Waals surface area contributed by atoms with Crippen LogP contribution < -0.4 is 20.4 Å². The van der Waals surface area contributed by atoms with E-state index in [9.17, 15) is 9.59 Å². The molecule has 0 aliphatic heterocycles. The van der Waals surface area contributed by atoms with Gasteiger partial charge < -0.3 is 20.4 Å². The molecule has 0 spiro atoms. The van der Waals surface area contributed by atoms with Gasteiger partial charge in [0.15, 0.2) is 0 Å². The maximum Gasteiger partial charge on any atom is 0.274 e. The largest absolute Gasteiger partial charge is 0.372 e. The summed E-state index contributed by atoms with van der Waals surface area (Å²) >= 11 is 0.